The third-order valence-electron chi connectivity index (χ3n) is 4.19. The summed E-state index contributed by atoms with van der Waals surface area (Å²) in [6.07, 6.45) is 5.62. The highest BCUT2D eigenvalue weighted by Gasteiger charge is 2.12. The summed E-state index contributed by atoms with van der Waals surface area (Å²) in [5.74, 6) is 0.821. The fraction of sp³-hybridized carbons (Fsp3) is 0.316. The van der Waals surface area contributed by atoms with Crippen molar-refractivity contribution >= 4 is 40.8 Å². The molecule has 0 atom stereocenters. The van der Waals surface area contributed by atoms with E-state index in [0.717, 1.165) is 30.1 Å². The molecular weight excluding hydrogens is 343 g/mol. The molecule has 1 aliphatic heterocycles. The molecule has 1 saturated heterocycles. The molecule has 0 unspecified atom stereocenters. The zero-order valence-corrected chi connectivity index (χ0v) is 15.1. The van der Waals surface area contributed by atoms with Crippen molar-refractivity contribution in [2.45, 2.75) is 19.3 Å². The molecule has 0 N–H and O–H groups in total. The largest absolute Gasteiger partial charge is 0.496 e. The summed E-state index contributed by atoms with van der Waals surface area (Å²) < 4.78 is 5.54. The maximum Gasteiger partial charge on any atom is 0.129 e. The van der Waals surface area contributed by atoms with Gasteiger partial charge in [0.25, 0.3) is 0 Å². The first kappa shape index (κ1) is 17.1. The van der Waals surface area contributed by atoms with Crippen LogP contribution in [0.5, 0.6) is 5.75 Å². The second-order valence-corrected chi connectivity index (χ2v) is 6.64. The summed E-state index contributed by atoms with van der Waals surface area (Å²) in [4.78, 5) is 6.88. The average Bonchev–Trinajstić information content (AvgIpc) is 2.63. The Balaban J connectivity index is 1.82. The number of hydrogen-bond acceptors (Lipinski definition) is 3. The van der Waals surface area contributed by atoms with Gasteiger partial charge >= 0.3 is 0 Å². The number of benzene rings is 2. The Hall–Kier alpha value is -1.71. The molecule has 1 heterocycles. The topological polar surface area (TPSA) is 24.8 Å². The van der Waals surface area contributed by atoms with Crippen molar-refractivity contribution in [2.75, 3.05) is 25.1 Å². The van der Waals surface area contributed by atoms with Crippen LogP contribution in [0.4, 0.5) is 11.4 Å². The van der Waals surface area contributed by atoms with E-state index in [4.69, 9.17) is 27.9 Å². The van der Waals surface area contributed by atoms with E-state index < -0.39 is 0 Å². The van der Waals surface area contributed by atoms with Crippen LogP contribution in [-0.4, -0.2) is 26.4 Å². The SMILES string of the molecule is COc1cc(N2CCCCC2)ccc1C=Nc1ccc(Cl)c(Cl)c1. The molecule has 5 heteroatoms. The minimum atomic E-state index is 0.499. The molecule has 0 bridgehead atoms. The number of hydrogen-bond donors (Lipinski definition) is 0. The molecule has 3 nitrogen and oxygen atoms in total. The smallest absolute Gasteiger partial charge is 0.129 e. The van der Waals surface area contributed by atoms with Crippen LogP contribution in [0.3, 0.4) is 0 Å². The number of ether oxygens (including phenoxy) is 1. The highest BCUT2D eigenvalue weighted by molar-refractivity contribution is 6.42. The van der Waals surface area contributed by atoms with Crippen molar-refractivity contribution in [2.24, 2.45) is 4.99 Å². The lowest BCUT2D eigenvalue weighted by atomic mass is 10.1. The van der Waals surface area contributed by atoms with Gasteiger partial charge in [-0.05, 0) is 49.6 Å². The number of methoxy groups -OCH3 is 1. The molecule has 1 fully saturated rings. The molecule has 2 aromatic carbocycles. The standard InChI is InChI=1S/C19H20Cl2N2O/c1-24-19-12-16(23-9-3-2-4-10-23)7-5-14(19)13-22-15-6-8-17(20)18(21)11-15/h5-8,11-13H,2-4,9-10H2,1H3. The average molecular weight is 363 g/mol. The van der Waals surface area contributed by atoms with Crippen molar-refractivity contribution in [3.05, 3.63) is 52.0 Å². The molecule has 3 rings (SSSR count). The Morgan fingerprint density at radius 1 is 1.00 bits per heavy atom. The van der Waals surface area contributed by atoms with Gasteiger partial charge in [-0.3, -0.25) is 4.99 Å². The van der Waals surface area contributed by atoms with E-state index in [1.54, 1.807) is 25.5 Å². The highest BCUT2D eigenvalue weighted by Crippen LogP contribution is 2.29. The highest BCUT2D eigenvalue weighted by atomic mass is 35.5. The zero-order chi connectivity index (χ0) is 16.9. The maximum atomic E-state index is 6.02. The van der Waals surface area contributed by atoms with Crippen LogP contribution < -0.4 is 9.64 Å². The summed E-state index contributed by atoms with van der Waals surface area (Å²) >= 11 is 12.0. The summed E-state index contributed by atoms with van der Waals surface area (Å²) in [5, 5.41) is 1.03. The Morgan fingerprint density at radius 2 is 1.79 bits per heavy atom. The summed E-state index contributed by atoms with van der Waals surface area (Å²) in [5.41, 5.74) is 2.90. The maximum absolute atomic E-state index is 6.02. The quantitative estimate of drug-likeness (QED) is 0.647. The molecule has 24 heavy (non-hydrogen) atoms. The number of anilines is 1. The van der Waals surface area contributed by atoms with Crippen molar-refractivity contribution in [1.29, 1.82) is 0 Å². The van der Waals surface area contributed by atoms with Crippen LogP contribution in [0.25, 0.3) is 0 Å². The van der Waals surface area contributed by atoms with Crippen LogP contribution in [0.15, 0.2) is 41.4 Å². The molecule has 126 valence electrons. The van der Waals surface area contributed by atoms with Crippen molar-refractivity contribution < 1.29 is 4.74 Å². The van der Waals surface area contributed by atoms with Gasteiger partial charge in [0.15, 0.2) is 0 Å². The monoisotopic (exact) mass is 362 g/mol. The molecular formula is C19H20Cl2N2O. The molecule has 1 aliphatic rings. The van der Waals surface area contributed by atoms with E-state index in [1.165, 1.54) is 24.9 Å². The van der Waals surface area contributed by atoms with E-state index in [9.17, 15) is 0 Å². The van der Waals surface area contributed by atoms with Crippen LogP contribution in [-0.2, 0) is 0 Å². The van der Waals surface area contributed by atoms with E-state index in [2.05, 4.69) is 22.0 Å². The van der Waals surface area contributed by atoms with Gasteiger partial charge in [-0.15, -0.1) is 0 Å². The van der Waals surface area contributed by atoms with Gasteiger partial charge in [0.2, 0.25) is 0 Å². The predicted molar refractivity (Wildman–Crippen MR) is 103 cm³/mol. The van der Waals surface area contributed by atoms with Crippen molar-refractivity contribution in [3.63, 3.8) is 0 Å². The first-order valence-corrected chi connectivity index (χ1v) is 8.85. The molecule has 0 saturated carbocycles. The van der Waals surface area contributed by atoms with Crippen LogP contribution >= 0.6 is 23.2 Å². The number of halogens is 2. The van der Waals surface area contributed by atoms with Gasteiger partial charge in [0, 0.05) is 36.6 Å². The van der Waals surface area contributed by atoms with E-state index in [1.807, 2.05) is 12.1 Å². The van der Waals surface area contributed by atoms with E-state index >= 15 is 0 Å². The second-order valence-electron chi connectivity index (χ2n) is 5.83. The third-order valence-corrected chi connectivity index (χ3v) is 4.93. The Kier molecular flexibility index (Phi) is 5.64. The molecule has 2 aromatic rings. The van der Waals surface area contributed by atoms with Gasteiger partial charge in [-0.1, -0.05) is 23.2 Å². The lowest BCUT2D eigenvalue weighted by Gasteiger charge is -2.29. The molecule has 0 spiro atoms. The molecule has 0 aliphatic carbocycles. The first-order valence-electron chi connectivity index (χ1n) is 8.09. The van der Waals surface area contributed by atoms with Crippen molar-refractivity contribution in [1.82, 2.24) is 0 Å². The van der Waals surface area contributed by atoms with Crippen LogP contribution in [0.1, 0.15) is 24.8 Å². The fourth-order valence-electron chi connectivity index (χ4n) is 2.86. The van der Waals surface area contributed by atoms with Gasteiger partial charge in [-0.25, -0.2) is 0 Å². The Labute approximate surface area is 152 Å². The van der Waals surface area contributed by atoms with E-state index in [-0.39, 0.29) is 0 Å². The number of aliphatic imine (C=N–C) groups is 1. The van der Waals surface area contributed by atoms with Gasteiger partial charge in [0.1, 0.15) is 5.75 Å². The number of nitrogens with zero attached hydrogens (tertiary/aromatic N) is 2. The first-order chi connectivity index (χ1) is 11.7. The molecule has 0 radical (unpaired) electrons. The fourth-order valence-corrected chi connectivity index (χ4v) is 3.16. The number of rotatable bonds is 4. The Bertz CT molecular complexity index is 740. The third kappa shape index (κ3) is 4.03. The molecule has 0 aromatic heterocycles. The minimum Gasteiger partial charge on any atom is -0.496 e. The van der Waals surface area contributed by atoms with Gasteiger partial charge in [-0.2, -0.15) is 0 Å². The normalized spacial score (nSPS) is 15.0. The zero-order valence-electron chi connectivity index (χ0n) is 13.6. The molecule has 0 amide bonds. The van der Waals surface area contributed by atoms with Gasteiger partial charge < -0.3 is 9.64 Å². The van der Waals surface area contributed by atoms with E-state index in [0.29, 0.717) is 10.0 Å². The lowest BCUT2D eigenvalue weighted by molar-refractivity contribution is 0.414. The second kappa shape index (κ2) is 7.91. The van der Waals surface area contributed by atoms with Crippen LogP contribution in [0, 0.1) is 0 Å². The number of piperidine rings is 1. The lowest BCUT2D eigenvalue weighted by Crippen LogP contribution is -2.29. The minimum absolute atomic E-state index is 0.499. The summed E-state index contributed by atoms with van der Waals surface area (Å²) in [6.45, 7) is 2.22. The van der Waals surface area contributed by atoms with Crippen molar-refractivity contribution in [3.8, 4) is 5.75 Å². The summed E-state index contributed by atoms with van der Waals surface area (Å²) in [7, 11) is 1.69. The summed E-state index contributed by atoms with van der Waals surface area (Å²) in [6, 6.07) is 11.6. The van der Waals surface area contributed by atoms with Gasteiger partial charge in [0.05, 0.1) is 22.8 Å². The Morgan fingerprint density at radius 3 is 2.50 bits per heavy atom. The van der Waals surface area contributed by atoms with Crippen LogP contribution in [0.2, 0.25) is 10.0 Å². The predicted octanol–water partition coefficient (Wildman–Crippen LogP) is 5.74.